The van der Waals surface area contributed by atoms with Gasteiger partial charge in [-0.15, -0.1) is 0 Å². The maximum Gasteiger partial charge on any atom is 0.149 e. The fraction of sp³-hybridized carbons (Fsp3) is 0.0571. The van der Waals surface area contributed by atoms with E-state index in [0.29, 0.717) is 0 Å². The minimum Gasteiger partial charge on any atom is -0.455 e. The molecule has 3 nitrogen and oxygen atoms in total. The number of furan rings is 1. The molecule has 0 saturated carbocycles. The Bertz CT molecular complexity index is 2250. The zero-order valence-corrected chi connectivity index (χ0v) is 21.5. The molecule has 8 aromatic rings. The topological polar surface area (TPSA) is 31.0 Å². The Morgan fingerprint density at radius 1 is 0.667 bits per heavy atom. The van der Waals surface area contributed by atoms with Crippen molar-refractivity contribution < 1.29 is 8.81 Å². The molecule has 0 aliphatic heterocycles. The van der Waals surface area contributed by atoms with Crippen LogP contribution < -0.4 is 0 Å². The van der Waals surface area contributed by atoms with E-state index in [-0.39, 0.29) is 5.82 Å². The van der Waals surface area contributed by atoms with E-state index >= 15 is 0 Å². The molecule has 0 fully saturated rings. The van der Waals surface area contributed by atoms with Gasteiger partial charge in [-0.3, -0.25) is 4.57 Å². The molecule has 2 heterocycles. The number of aryl methyl sites for hydroxylation is 2. The SMILES string of the molecule is Cc1cc(F)cc(C)c1-n1c(-c2cccc3c2oc2cc4ccc5ccccc5c4cc23)nc2ccccc21. The molecule has 4 heteroatoms. The first-order chi connectivity index (χ1) is 19.1. The third-order valence-corrected chi connectivity index (χ3v) is 7.84. The van der Waals surface area contributed by atoms with Crippen LogP contribution >= 0.6 is 0 Å². The van der Waals surface area contributed by atoms with Gasteiger partial charge in [-0.25, -0.2) is 9.37 Å². The molecule has 0 aliphatic rings. The molecule has 6 aromatic carbocycles. The number of nitrogens with zero attached hydrogens (tertiary/aromatic N) is 2. The number of aromatic nitrogens is 2. The Morgan fingerprint density at radius 2 is 1.41 bits per heavy atom. The van der Waals surface area contributed by atoms with Crippen molar-refractivity contribution in [2.24, 2.45) is 0 Å². The van der Waals surface area contributed by atoms with Crippen molar-refractivity contribution in [1.82, 2.24) is 9.55 Å². The normalized spacial score (nSPS) is 12.0. The van der Waals surface area contributed by atoms with Gasteiger partial charge in [-0.2, -0.15) is 0 Å². The summed E-state index contributed by atoms with van der Waals surface area (Å²) < 4.78 is 23.0. The van der Waals surface area contributed by atoms with Crippen molar-refractivity contribution in [1.29, 1.82) is 0 Å². The summed E-state index contributed by atoms with van der Waals surface area (Å²) in [7, 11) is 0. The van der Waals surface area contributed by atoms with Crippen LogP contribution in [0.2, 0.25) is 0 Å². The Hall–Kier alpha value is -4.96. The molecule has 39 heavy (non-hydrogen) atoms. The smallest absolute Gasteiger partial charge is 0.149 e. The van der Waals surface area contributed by atoms with Crippen LogP contribution in [0.3, 0.4) is 0 Å². The summed E-state index contributed by atoms with van der Waals surface area (Å²) in [6, 6.07) is 34.7. The second-order valence-electron chi connectivity index (χ2n) is 10.3. The van der Waals surface area contributed by atoms with E-state index in [0.717, 1.165) is 66.6 Å². The van der Waals surface area contributed by atoms with Gasteiger partial charge in [-0.1, -0.05) is 60.7 Å². The zero-order chi connectivity index (χ0) is 26.2. The van der Waals surface area contributed by atoms with Gasteiger partial charge in [0.15, 0.2) is 0 Å². The standard InChI is InChI=1S/C35H23FN2O/c1-20-16-24(36)17-21(2)33(20)38-31-13-6-5-12-30(31)37-35(38)27-11-7-10-26-29-19-28-23(18-32(29)39-34(26)27)15-14-22-8-3-4-9-25(22)28/h3-19H,1-2H3. The monoisotopic (exact) mass is 506 g/mol. The van der Waals surface area contributed by atoms with Gasteiger partial charge in [0.25, 0.3) is 0 Å². The molecular formula is C35H23FN2O. The lowest BCUT2D eigenvalue weighted by atomic mass is 9.99. The summed E-state index contributed by atoms with van der Waals surface area (Å²) in [6.07, 6.45) is 0. The third-order valence-electron chi connectivity index (χ3n) is 7.84. The van der Waals surface area contributed by atoms with Gasteiger partial charge in [-0.05, 0) is 89.0 Å². The summed E-state index contributed by atoms with van der Waals surface area (Å²) in [6.45, 7) is 3.89. The average molecular weight is 507 g/mol. The summed E-state index contributed by atoms with van der Waals surface area (Å²) >= 11 is 0. The van der Waals surface area contributed by atoms with E-state index in [1.54, 1.807) is 12.1 Å². The van der Waals surface area contributed by atoms with Crippen LogP contribution in [-0.2, 0) is 0 Å². The number of para-hydroxylation sites is 3. The third kappa shape index (κ3) is 3.18. The van der Waals surface area contributed by atoms with Crippen LogP contribution in [0, 0.1) is 19.7 Å². The maximum atomic E-state index is 14.3. The fourth-order valence-electron chi connectivity index (χ4n) is 6.16. The van der Waals surface area contributed by atoms with Gasteiger partial charge < -0.3 is 4.42 Å². The predicted molar refractivity (Wildman–Crippen MR) is 158 cm³/mol. The molecule has 0 unspecified atom stereocenters. The lowest BCUT2D eigenvalue weighted by molar-refractivity contribution is 0.624. The number of hydrogen-bond donors (Lipinski definition) is 0. The molecule has 0 spiro atoms. The largest absolute Gasteiger partial charge is 0.455 e. The van der Waals surface area contributed by atoms with E-state index in [1.807, 2.05) is 32.0 Å². The zero-order valence-electron chi connectivity index (χ0n) is 21.5. The van der Waals surface area contributed by atoms with Crippen LogP contribution in [0.1, 0.15) is 11.1 Å². The highest BCUT2D eigenvalue weighted by Gasteiger charge is 2.22. The molecule has 0 N–H and O–H groups in total. The quantitative estimate of drug-likeness (QED) is 0.219. The van der Waals surface area contributed by atoms with E-state index in [1.165, 1.54) is 16.2 Å². The van der Waals surface area contributed by atoms with Gasteiger partial charge in [0.1, 0.15) is 22.8 Å². The second-order valence-corrected chi connectivity index (χ2v) is 10.3. The molecule has 0 bridgehead atoms. The number of imidazole rings is 1. The first-order valence-electron chi connectivity index (χ1n) is 13.1. The van der Waals surface area contributed by atoms with Crippen molar-refractivity contribution in [3.05, 3.63) is 120 Å². The number of hydrogen-bond acceptors (Lipinski definition) is 2. The van der Waals surface area contributed by atoms with Gasteiger partial charge >= 0.3 is 0 Å². The maximum absolute atomic E-state index is 14.3. The highest BCUT2D eigenvalue weighted by Crippen LogP contribution is 2.40. The summed E-state index contributed by atoms with van der Waals surface area (Å²) in [5, 5.41) is 6.92. The number of halogens is 1. The molecular weight excluding hydrogens is 483 g/mol. The summed E-state index contributed by atoms with van der Waals surface area (Å²) in [4.78, 5) is 5.09. The highest BCUT2D eigenvalue weighted by atomic mass is 19.1. The molecule has 0 atom stereocenters. The first kappa shape index (κ1) is 22.1. The molecule has 2 aromatic heterocycles. The van der Waals surface area contributed by atoms with Crippen LogP contribution in [-0.4, -0.2) is 9.55 Å². The number of rotatable bonds is 2. The van der Waals surface area contributed by atoms with Crippen LogP contribution in [0.4, 0.5) is 4.39 Å². The lowest BCUT2D eigenvalue weighted by Gasteiger charge is -2.15. The molecule has 0 amide bonds. The number of benzene rings is 6. The van der Waals surface area contributed by atoms with Crippen molar-refractivity contribution in [3.8, 4) is 17.1 Å². The molecule has 0 saturated heterocycles. The Kier molecular flexibility index (Phi) is 4.54. The minimum absolute atomic E-state index is 0.237. The second kappa shape index (κ2) is 8.02. The summed E-state index contributed by atoms with van der Waals surface area (Å²) in [5.41, 5.74) is 7.02. The lowest BCUT2D eigenvalue weighted by Crippen LogP contribution is -2.03. The molecule has 8 rings (SSSR count). The first-order valence-corrected chi connectivity index (χ1v) is 13.1. The highest BCUT2D eigenvalue weighted by molar-refractivity contribution is 6.17. The van der Waals surface area contributed by atoms with Gasteiger partial charge in [0, 0.05) is 10.8 Å². The van der Waals surface area contributed by atoms with Crippen molar-refractivity contribution >= 4 is 54.5 Å². The van der Waals surface area contributed by atoms with E-state index in [4.69, 9.17) is 9.40 Å². The van der Waals surface area contributed by atoms with Crippen molar-refractivity contribution in [3.63, 3.8) is 0 Å². The van der Waals surface area contributed by atoms with Gasteiger partial charge in [0.2, 0.25) is 0 Å². The fourth-order valence-corrected chi connectivity index (χ4v) is 6.16. The van der Waals surface area contributed by atoms with Crippen molar-refractivity contribution in [2.75, 3.05) is 0 Å². The minimum atomic E-state index is -0.237. The Morgan fingerprint density at radius 3 is 2.28 bits per heavy atom. The average Bonchev–Trinajstić information content (AvgIpc) is 3.49. The summed E-state index contributed by atoms with van der Waals surface area (Å²) in [5.74, 6) is 0.535. The Labute approximate surface area is 223 Å². The van der Waals surface area contributed by atoms with E-state index in [2.05, 4.69) is 77.4 Å². The van der Waals surface area contributed by atoms with Crippen LogP contribution in [0.25, 0.3) is 71.6 Å². The van der Waals surface area contributed by atoms with E-state index in [9.17, 15) is 4.39 Å². The molecule has 0 aliphatic carbocycles. The van der Waals surface area contributed by atoms with E-state index < -0.39 is 0 Å². The molecule has 186 valence electrons. The molecule has 0 radical (unpaired) electrons. The van der Waals surface area contributed by atoms with Crippen molar-refractivity contribution in [2.45, 2.75) is 13.8 Å². The Balaban J connectivity index is 1.47. The van der Waals surface area contributed by atoms with Crippen LogP contribution in [0.5, 0.6) is 0 Å². The number of fused-ring (bicyclic) bond motifs is 7. The van der Waals surface area contributed by atoms with Gasteiger partial charge in [0.05, 0.1) is 22.3 Å². The van der Waals surface area contributed by atoms with Crippen LogP contribution in [0.15, 0.2) is 108 Å². The predicted octanol–water partition coefficient (Wildman–Crippen LogP) is 9.65.